The van der Waals surface area contributed by atoms with Crippen LogP contribution in [0.5, 0.6) is 0 Å². The van der Waals surface area contributed by atoms with E-state index in [0.717, 1.165) is 0 Å². The van der Waals surface area contributed by atoms with Gasteiger partial charge in [0.2, 0.25) is 0 Å². The molecule has 0 radical (unpaired) electrons. The first-order valence-corrected chi connectivity index (χ1v) is 4.76. The first kappa shape index (κ1) is 6.26. The molecular weight excluding hydrogens is 166 g/mol. The average Bonchev–Trinajstić information content (AvgIpc) is 2.62. The fourth-order valence-corrected chi connectivity index (χ4v) is 2.49. The van der Waals surface area contributed by atoms with E-state index in [2.05, 4.69) is 28.6 Å². The zero-order chi connectivity index (χ0) is 7.97. The molecule has 0 fully saturated rings. The lowest BCUT2D eigenvalue weighted by molar-refractivity contribution is 1.35. The SMILES string of the molecule is c1c[nH]c2cc3ccsc3c-2c1. The van der Waals surface area contributed by atoms with E-state index >= 15 is 0 Å². The van der Waals surface area contributed by atoms with Gasteiger partial charge in [0.25, 0.3) is 0 Å². The molecule has 0 saturated heterocycles. The van der Waals surface area contributed by atoms with Crippen LogP contribution in [-0.4, -0.2) is 4.98 Å². The molecule has 3 rings (SSSR count). The summed E-state index contributed by atoms with van der Waals surface area (Å²) in [4.78, 5) is 3.23. The van der Waals surface area contributed by atoms with Crippen LogP contribution in [0.3, 0.4) is 0 Å². The van der Waals surface area contributed by atoms with Gasteiger partial charge in [-0.25, -0.2) is 0 Å². The quantitative estimate of drug-likeness (QED) is 0.536. The minimum atomic E-state index is 1.24. The minimum absolute atomic E-state index is 1.24. The minimum Gasteiger partial charge on any atom is -0.361 e. The van der Waals surface area contributed by atoms with Crippen LogP contribution in [0.1, 0.15) is 0 Å². The van der Waals surface area contributed by atoms with Crippen LogP contribution < -0.4 is 0 Å². The predicted octanol–water partition coefficient (Wildman–Crippen LogP) is 3.33. The summed E-state index contributed by atoms with van der Waals surface area (Å²) < 4.78 is 1.39. The highest BCUT2D eigenvalue weighted by atomic mass is 32.1. The Morgan fingerprint density at radius 2 is 2.25 bits per heavy atom. The van der Waals surface area contributed by atoms with Gasteiger partial charge in [0.1, 0.15) is 0 Å². The summed E-state index contributed by atoms with van der Waals surface area (Å²) in [6, 6.07) is 8.56. The van der Waals surface area contributed by atoms with Gasteiger partial charge >= 0.3 is 0 Å². The molecule has 1 aliphatic heterocycles. The smallest absolute Gasteiger partial charge is 0.0474 e. The van der Waals surface area contributed by atoms with E-state index in [1.54, 1.807) is 11.3 Å². The molecule has 1 aliphatic carbocycles. The molecule has 0 amide bonds. The molecule has 0 aromatic carbocycles. The van der Waals surface area contributed by atoms with Gasteiger partial charge in [-0.3, -0.25) is 0 Å². The Morgan fingerprint density at radius 1 is 1.25 bits per heavy atom. The molecule has 1 N–H and O–H groups in total. The van der Waals surface area contributed by atoms with E-state index in [1.165, 1.54) is 21.3 Å². The van der Waals surface area contributed by atoms with E-state index in [9.17, 15) is 0 Å². The van der Waals surface area contributed by atoms with E-state index in [1.807, 2.05) is 12.3 Å². The van der Waals surface area contributed by atoms with Gasteiger partial charge in [-0.1, -0.05) is 6.07 Å². The molecule has 12 heavy (non-hydrogen) atoms. The molecule has 1 aromatic heterocycles. The van der Waals surface area contributed by atoms with Crippen LogP contribution in [0.15, 0.2) is 35.8 Å². The molecule has 58 valence electrons. The van der Waals surface area contributed by atoms with Crippen LogP contribution in [0.4, 0.5) is 0 Å². The van der Waals surface area contributed by atoms with E-state index in [4.69, 9.17) is 0 Å². The Balaban J connectivity index is 2.60. The number of nitrogens with one attached hydrogen (secondary N) is 1. The summed E-state index contributed by atoms with van der Waals surface area (Å²) in [5.74, 6) is 0. The monoisotopic (exact) mass is 173 g/mol. The Labute approximate surface area is 74.0 Å². The Bertz CT molecular complexity index is 491. The molecular formula is C10H7NS. The molecule has 2 heteroatoms. The maximum absolute atomic E-state index is 3.23. The van der Waals surface area contributed by atoms with Gasteiger partial charge in [-0.05, 0) is 29.0 Å². The van der Waals surface area contributed by atoms with E-state index in [0.29, 0.717) is 0 Å². The topological polar surface area (TPSA) is 15.8 Å². The number of hydrogen-bond donors (Lipinski definition) is 1. The highest BCUT2D eigenvalue weighted by Gasteiger charge is 2.08. The zero-order valence-corrected chi connectivity index (χ0v) is 7.19. The fraction of sp³-hybridized carbons (Fsp3) is 0. The van der Waals surface area contributed by atoms with Crippen molar-refractivity contribution in [1.29, 1.82) is 0 Å². The summed E-state index contributed by atoms with van der Waals surface area (Å²) in [7, 11) is 0. The molecule has 0 atom stereocenters. The number of aromatic amines is 1. The number of fused-ring (bicyclic) bond motifs is 3. The van der Waals surface area contributed by atoms with Crippen molar-refractivity contribution >= 4 is 21.4 Å². The van der Waals surface area contributed by atoms with Crippen LogP contribution in [-0.2, 0) is 0 Å². The van der Waals surface area contributed by atoms with Crippen molar-refractivity contribution in [1.82, 2.24) is 4.98 Å². The molecule has 0 bridgehead atoms. The number of aromatic nitrogens is 1. The fourth-order valence-electron chi connectivity index (χ4n) is 1.57. The van der Waals surface area contributed by atoms with Crippen molar-refractivity contribution in [2.45, 2.75) is 0 Å². The lowest BCUT2D eigenvalue weighted by Gasteiger charge is -1.95. The van der Waals surface area contributed by atoms with Crippen LogP contribution in [0, 0.1) is 0 Å². The highest BCUT2D eigenvalue weighted by Crippen LogP contribution is 2.35. The molecule has 0 unspecified atom stereocenters. The van der Waals surface area contributed by atoms with Gasteiger partial charge in [0.05, 0.1) is 0 Å². The number of thiophene rings is 1. The molecule has 0 spiro atoms. The van der Waals surface area contributed by atoms with Crippen molar-refractivity contribution in [3.8, 4) is 11.3 Å². The number of H-pyrrole nitrogens is 1. The summed E-state index contributed by atoms with van der Waals surface area (Å²) in [6.45, 7) is 0. The third-order valence-electron chi connectivity index (χ3n) is 2.13. The average molecular weight is 173 g/mol. The van der Waals surface area contributed by atoms with E-state index < -0.39 is 0 Å². The predicted molar refractivity (Wildman–Crippen MR) is 52.8 cm³/mol. The summed E-state index contributed by atoms with van der Waals surface area (Å²) in [5, 5.41) is 3.48. The third kappa shape index (κ3) is 0.676. The summed E-state index contributed by atoms with van der Waals surface area (Å²) >= 11 is 1.80. The molecule has 1 aromatic rings. The Morgan fingerprint density at radius 3 is 3.25 bits per heavy atom. The van der Waals surface area contributed by atoms with Gasteiger partial charge in [-0.15, -0.1) is 11.3 Å². The maximum Gasteiger partial charge on any atom is 0.0474 e. The van der Waals surface area contributed by atoms with Gasteiger partial charge in [0.15, 0.2) is 0 Å². The normalized spacial score (nSPS) is 11.3. The van der Waals surface area contributed by atoms with Crippen LogP contribution in [0.2, 0.25) is 0 Å². The van der Waals surface area contributed by atoms with Gasteiger partial charge in [-0.2, -0.15) is 0 Å². The zero-order valence-electron chi connectivity index (χ0n) is 6.37. The number of rotatable bonds is 0. The van der Waals surface area contributed by atoms with E-state index in [-0.39, 0.29) is 0 Å². The lowest BCUT2D eigenvalue weighted by atomic mass is 10.2. The Hall–Kier alpha value is -1.28. The van der Waals surface area contributed by atoms with Crippen LogP contribution >= 0.6 is 11.3 Å². The molecule has 2 heterocycles. The van der Waals surface area contributed by atoms with Crippen molar-refractivity contribution in [3.05, 3.63) is 35.8 Å². The van der Waals surface area contributed by atoms with Crippen molar-refractivity contribution in [2.75, 3.05) is 0 Å². The second-order valence-corrected chi connectivity index (χ2v) is 3.76. The second-order valence-electron chi connectivity index (χ2n) is 2.85. The Kier molecular flexibility index (Phi) is 1.10. The first-order valence-electron chi connectivity index (χ1n) is 3.88. The third-order valence-corrected chi connectivity index (χ3v) is 3.09. The molecule has 2 aliphatic rings. The molecule has 0 saturated carbocycles. The molecule has 1 nitrogen and oxygen atoms in total. The van der Waals surface area contributed by atoms with Crippen molar-refractivity contribution in [3.63, 3.8) is 0 Å². The summed E-state index contributed by atoms with van der Waals surface area (Å²) in [6.07, 6.45) is 1.96. The van der Waals surface area contributed by atoms with Crippen LogP contribution in [0.25, 0.3) is 21.3 Å². The number of pyridine rings is 1. The maximum atomic E-state index is 3.23. The van der Waals surface area contributed by atoms with Crippen molar-refractivity contribution in [2.24, 2.45) is 0 Å². The second kappa shape index (κ2) is 2.11. The standard InChI is InChI=1S/C10H7NS/c1-2-8-9(11-4-1)6-7-3-5-12-10(7)8/h1-6,11H. The first-order chi connectivity index (χ1) is 5.95. The van der Waals surface area contributed by atoms with Gasteiger partial charge < -0.3 is 4.98 Å². The largest absolute Gasteiger partial charge is 0.361 e. The highest BCUT2D eigenvalue weighted by molar-refractivity contribution is 7.17. The lowest BCUT2D eigenvalue weighted by Crippen LogP contribution is -1.75. The summed E-state index contributed by atoms with van der Waals surface area (Å²) in [5.41, 5.74) is 2.57. The van der Waals surface area contributed by atoms with Crippen molar-refractivity contribution < 1.29 is 0 Å². The number of hydrogen-bond acceptors (Lipinski definition) is 1. The van der Waals surface area contributed by atoms with Gasteiger partial charge in [0, 0.05) is 22.2 Å².